The van der Waals surface area contributed by atoms with Gasteiger partial charge in [0, 0.05) is 42.9 Å². The number of piperidine rings is 1. The molecule has 35 heavy (non-hydrogen) atoms. The lowest BCUT2D eigenvalue weighted by molar-refractivity contribution is 0.102. The van der Waals surface area contributed by atoms with Crippen LogP contribution in [0.5, 0.6) is 0 Å². The Morgan fingerprint density at radius 1 is 0.886 bits per heavy atom. The summed E-state index contributed by atoms with van der Waals surface area (Å²) in [6.07, 6.45) is 6.76. The number of hydrogen-bond donors (Lipinski definition) is 1. The van der Waals surface area contributed by atoms with Crippen LogP contribution < -0.4 is 5.32 Å². The highest BCUT2D eigenvalue weighted by atomic mass is 32.2. The fraction of sp³-hybridized carbons (Fsp3) is 0.400. The van der Waals surface area contributed by atoms with Gasteiger partial charge in [-0.15, -0.1) is 10.2 Å². The summed E-state index contributed by atoms with van der Waals surface area (Å²) in [6, 6.07) is 10.7. The first kappa shape index (κ1) is 23.6. The van der Waals surface area contributed by atoms with E-state index in [0.29, 0.717) is 18.8 Å². The van der Waals surface area contributed by atoms with Gasteiger partial charge in [-0.1, -0.05) is 12.8 Å². The van der Waals surface area contributed by atoms with Gasteiger partial charge < -0.3 is 9.88 Å². The van der Waals surface area contributed by atoms with Gasteiger partial charge in [-0.3, -0.25) is 4.79 Å². The third kappa shape index (κ3) is 4.85. The molecule has 1 fully saturated rings. The number of fused-ring (bicyclic) bond motifs is 1. The Labute approximate surface area is 204 Å². The highest BCUT2D eigenvalue weighted by molar-refractivity contribution is 7.89. The molecule has 0 saturated carbocycles. The summed E-state index contributed by atoms with van der Waals surface area (Å²) in [5.41, 5.74) is 1.52. The Kier molecular flexibility index (Phi) is 6.66. The van der Waals surface area contributed by atoms with E-state index >= 15 is 0 Å². The average molecular weight is 498 g/mol. The second kappa shape index (κ2) is 9.87. The van der Waals surface area contributed by atoms with Crippen LogP contribution in [0.15, 0.2) is 47.4 Å². The molecule has 8 nitrogen and oxygen atoms in total. The summed E-state index contributed by atoms with van der Waals surface area (Å²) in [5.74, 6) is 0.445. The zero-order valence-electron chi connectivity index (χ0n) is 19.4. The summed E-state index contributed by atoms with van der Waals surface area (Å²) in [6.45, 7) is 1.61. The van der Waals surface area contributed by atoms with E-state index in [1.54, 1.807) is 12.1 Å². The first-order chi connectivity index (χ1) is 16.9. The molecule has 2 aromatic carbocycles. The molecular formula is C25H28FN5O3S. The molecule has 0 atom stereocenters. The second-order valence-electron chi connectivity index (χ2n) is 9.04. The maximum absolute atomic E-state index is 14.5. The molecule has 0 bridgehead atoms. The second-order valence-corrected chi connectivity index (χ2v) is 10.9. The molecule has 3 aromatic rings. The average Bonchev–Trinajstić information content (AvgIpc) is 3.13. The molecule has 1 amide bonds. The maximum atomic E-state index is 14.5. The molecule has 3 heterocycles. The van der Waals surface area contributed by atoms with Crippen molar-refractivity contribution in [3.63, 3.8) is 0 Å². The maximum Gasteiger partial charge on any atom is 0.255 e. The molecule has 0 spiro atoms. The summed E-state index contributed by atoms with van der Waals surface area (Å²) in [7, 11) is -4.00. The smallest absolute Gasteiger partial charge is 0.255 e. The van der Waals surface area contributed by atoms with Crippen molar-refractivity contribution in [3.8, 4) is 11.4 Å². The predicted molar refractivity (Wildman–Crippen MR) is 130 cm³/mol. The largest absolute Gasteiger partial charge is 0.322 e. The van der Waals surface area contributed by atoms with Crippen LogP contribution >= 0.6 is 0 Å². The van der Waals surface area contributed by atoms with Gasteiger partial charge in [0.1, 0.15) is 16.5 Å². The van der Waals surface area contributed by atoms with Crippen molar-refractivity contribution in [2.45, 2.75) is 56.4 Å². The quantitative estimate of drug-likeness (QED) is 0.569. The number of nitrogens with one attached hydrogen (secondary N) is 1. The van der Waals surface area contributed by atoms with E-state index in [0.717, 1.165) is 74.4 Å². The highest BCUT2D eigenvalue weighted by Gasteiger charge is 2.29. The van der Waals surface area contributed by atoms with Crippen LogP contribution in [0.4, 0.5) is 10.1 Å². The minimum Gasteiger partial charge on any atom is -0.322 e. The minimum atomic E-state index is -4.00. The van der Waals surface area contributed by atoms with Gasteiger partial charge in [0.15, 0.2) is 5.82 Å². The number of aromatic nitrogens is 3. The molecule has 5 rings (SSSR count). The van der Waals surface area contributed by atoms with Crippen LogP contribution in [0.2, 0.25) is 0 Å². The fourth-order valence-electron chi connectivity index (χ4n) is 4.69. The Bertz CT molecular complexity index is 1330. The summed E-state index contributed by atoms with van der Waals surface area (Å²) < 4.78 is 43.8. The molecule has 1 aromatic heterocycles. The summed E-state index contributed by atoms with van der Waals surface area (Å²) >= 11 is 0. The molecular weight excluding hydrogens is 469 g/mol. The lowest BCUT2D eigenvalue weighted by Gasteiger charge is -2.26. The molecule has 0 aliphatic carbocycles. The highest BCUT2D eigenvalue weighted by Crippen LogP contribution is 2.26. The molecule has 0 radical (unpaired) electrons. The summed E-state index contributed by atoms with van der Waals surface area (Å²) in [4.78, 5) is 12.4. The van der Waals surface area contributed by atoms with E-state index in [1.807, 2.05) is 12.1 Å². The molecule has 0 unspecified atom stereocenters. The number of hydrogen-bond acceptors (Lipinski definition) is 5. The van der Waals surface area contributed by atoms with Crippen LogP contribution in [0.1, 0.15) is 54.7 Å². The number of sulfonamides is 1. The number of amides is 1. The Morgan fingerprint density at radius 3 is 2.37 bits per heavy atom. The number of carbonyl (C=O) groups is 1. The lowest BCUT2D eigenvalue weighted by atomic mass is 10.1. The third-order valence-corrected chi connectivity index (χ3v) is 8.55. The van der Waals surface area contributed by atoms with E-state index < -0.39 is 26.6 Å². The fourth-order valence-corrected chi connectivity index (χ4v) is 6.30. The van der Waals surface area contributed by atoms with E-state index in [1.165, 1.54) is 16.8 Å². The minimum absolute atomic E-state index is 0.0776. The number of aryl methyl sites for hydroxylation is 1. The number of rotatable bonds is 5. The van der Waals surface area contributed by atoms with E-state index in [4.69, 9.17) is 0 Å². The first-order valence-corrected chi connectivity index (χ1v) is 13.5. The van der Waals surface area contributed by atoms with Crippen molar-refractivity contribution in [1.29, 1.82) is 0 Å². The molecule has 2 aliphatic rings. The van der Waals surface area contributed by atoms with Gasteiger partial charge in [0.25, 0.3) is 5.91 Å². The Balaban J connectivity index is 1.33. The van der Waals surface area contributed by atoms with Crippen molar-refractivity contribution >= 4 is 21.6 Å². The molecule has 1 N–H and O–H groups in total. The van der Waals surface area contributed by atoms with Crippen molar-refractivity contribution < 1.29 is 17.6 Å². The van der Waals surface area contributed by atoms with Crippen molar-refractivity contribution in [1.82, 2.24) is 19.1 Å². The lowest BCUT2D eigenvalue weighted by Crippen LogP contribution is -2.36. The monoisotopic (exact) mass is 497 g/mol. The Hall–Kier alpha value is -3.11. The molecule has 10 heteroatoms. The SMILES string of the molecule is O=C(Nc1ccc(-c2nnc3n2CCCCC3)cc1)c1ccc(F)c(S(=O)(=O)N2CCCCC2)c1. The number of nitrogens with zero attached hydrogens (tertiary/aromatic N) is 4. The standard InChI is InChI=1S/C25H28FN5O3S/c26-21-13-10-19(17-22(21)35(33,34)30-14-4-2-5-15-30)25(32)27-20-11-8-18(9-12-20)24-29-28-23-7-3-1-6-16-31(23)24/h8-13,17H,1-7,14-16H2,(H,27,32). The normalized spacial score (nSPS) is 16.9. The van der Waals surface area contributed by atoms with Gasteiger partial charge >= 0.3 is 0 Å². The van der Waals surface area contributed by atoms with Crippen LogP contribution in [0.25, 0.3) is 11.4 Å². The number of benzene rings is 2. The van der Waals surface area contributed by atoms with Gasteiger partial charge in [-0.05, 0) is 68.1 Å². The van der Waals surface area contributed by atoms with Crippen LogP contribution in [0.3, 0.4) is 0 Å². The van der Waals surface area contributed by atoms with Crippen LogP contribution in [0, 0.1) is 5.82 Å². The van der Waals surface area contributed by atoms with Gasteiger partial charge in [0.05, 0.1) is 0 Å². The van der Waals surface area contributed by atoms with Crippen molar-refractivity contribution in [2.24, 2.45) is 0 Å². The van der Waals surface area contributed by atoms with E-state index in [-0.39, 0.29) is 5.56 Å². The van der Waals surface area contributed by atoms with Crippen LogP contribution in [-0.4, -0.2) is 46.5 Å². The number of halogens is 1. The zero-order chi connectivity index (χ0) is 24.4. The first-order valence-electron chi connectivity index (χ1n) is 12.1. The van der Waals surface area contributed by atoms with E-state index in [9.17, 15) is 17.6 Å². The predicted octanol–water partition coefficient (Wildman–Crippen LogP) is 4.24. The third-order valence-electron chi connectivity index (χ3n) is 6.64. The van der Waals surface area contributed by atoms with Crippen molar-refractivity contribution in [3.05, 3.63) is 59.7 Å². The van der Waals surface area contributed by atoms with Gasteiger partial charge in [-0.2, -0.15) is 4.31 Å². The number of carbonyl (C=O) groups excluding carboxylic acids is 1. The van der Waals surface area contributed by atoms with Crippen molar-refractivity contribution in [2.75, 3.05) is 18.4 Å². The molecule has 1 saturated heterocycles. The van der Waals surface area contributed by atoms with Gasteiger partial charge in [-0.25, -0.2) is 12.8 Å². The zero-order valence-corrected chi connectivity index (χ0v) is 20.2. The Morgan fingerprint density at radius 2 is 1.60 bits per heavy atom. The van der Waals surface area contributed by atoms with E-state index in [2.05, 4.69) is 20.1 Å². The summed E-state index contributed by atoms with van der Waals surface area (Å²) in [5, 5.41) is 11.5. The topological polar surface area (TPSA) is 97.2 Å². The molecule has 2 aliphatic heterocycles. The number of anilines is 1. The van der Waals surface area contributed by atoms with Crippen LogP contribution in [-0.2, 0) is 23.0 Å². The van der Waals surface area contributed by atoms with Gasteiger partial charge in [0.2, 0.25) is 10.0 Å². The molecule has 184 valence electrons.